The summed E-state index contributed by atoms with van der Waals surface area (Å²) in [4.78, 5) is 13.0. The van der Waals surface area contributed by atoms with E-state index in [1.165, 1.54) is 5.56 Å². The van der Waals surface area contributed by atoms with E-state index in [-0.39, 0.29) is 0 Å². The molecule has 0 radical (unpaired) electrons. The summed E-state index contributed by atoms with van der Waals surface area (Å²) in [5, 5.41) is 4.68. The molecule has 2 aromatic rings. The number of halogens is 1. The van der Waals surface area contributed by atoms with Crippen molar-refractivity contribution >= 4 is 11.6 Å². The van der Waals surface area contributed by atoms with Crippen LogP contribution in [0.1, 0.15) is 5.56 Å². The summed E-state index contributed by atoms with van der Waals surface area (Å²) in [6.45, 7) is 7.23. The topological polar surface area (TPSA) is 50.1 Å². The zero-order valence-electron chi connectivity index (χ0n) is 11.9. The molecule has 3 rings (SSSR count). The molecule has 0 atom stereocenters. The molecular weight excluding hydrogens is 288 g/mol. The zero-order chi connectivity index (χ0) is 14.5. The van der Waals surface area contributed by atoms with Gasteiger partial charge in [-0.1, -0.05) is 17.7 Å². The van der Waals surface area contributed by atoms with Crippen LogP contribution in [0.2, 0.25) is 5.15 Å². The molecule has 0 bridgehead atoms. The standard InChI is InChI=1S/C14H19ClN6/c15-14-2-1-13(9-17-14)10-20-5-3-19(4-6-20)7-8-21-12-16-11-18-21/h1-2,9,11-12H,3-8,10H2. The Hall–Kier alpha value is -1.50. The van der Waals surface area contributed by atoms with Crippen LogP contribution in [-0.2, 0) is 13.1 Å². The molecule has 1 aliphatic rings. The molecule has 6 nitrogen and oxygen atoms in total. The van der Waals surface area contributed by atoms with Crippen LogP contribution in [0.4, 0.5) is 0 Å². The third-order valence-corrected chi connectivity index (χ3v) is 4.00. The summed E-state index contributed by atoms with van der Waals surface area (Å²) in [5.74, 6) is 0. The Bertz CT molecular complexity index is 533. The molecule has 0 N–H and O–H groups in total. The first-order chi connectivity index (χ1) is 10.3. The van der Waals surface area contributed by atoms with Crippen LogP contribution in [0.25, 0.3) is 0 Å². The van der Waals surface area contributed by atoms with Gasteiger partial charge in [-0.3, -0.25) is 14.5 Å². The highest BCUT2D eigenvalue weighted by Gasteiger charge is 2.16. The average molecular weight is 307 g/mol. The molecule has 0 unspecified atom stereocenters. The number of aromatic nitrogens is 4. The van der Waals surface area contributed by atoms with Gasteiger partial charge in [0, 0.05) is 45.5 Å². The quantitative estimate of drug-likeness (QED) is 0.776. The number of rotatable bonds is 5. The highest BCUT2D eigenvalue weighted by molar-refractivity contribution is 6.29. The Morgan fingerprint density at radius 3 is 2.52 bits per heavy atom. The first kappa shape index (κ1) is 14.4. The van der Waals surface area contributed by atoms with Gasteiger partial charge < -0.3 is 0 Å². The second-order valence-electron chi connectivity index (χ2n) is 5.27. The number of piperazine rings is 1. The molecule has 1 aliphatic heterocycles. The molecule has 0 aromatic carbocycles. The maximum absolute atomic E-state index is 5.81. The predicted molar refractivity (Wildman–Crippen MR) is 81.0 cm³/mol. The minimum absolute atomic E-state index is 0.552. The summed E-state index contributed by atoms with van der Waals surface area (Å²) in [6.07, 6.45) is 5.21. The summed E-state index contributed by atoms with van der Waals surface area (Å²) >= 11 is 5.81. The van der Waals surface area contributed by atoms with Gasteiger partial charge in [0.2, 0.25) is 0 Å². The minimum Gasteiger partial charge on any atom is -0.299 e. The van der Waals surface area contributed by atoms with Crippen LogP contribution < -0.4 is 0 Å². The summed E-state index contributed by atoms with van der Waals surface area (Å²) in [5.41, 5.74) is 1.22. The number of hydrogen-bond acceptors (Lipinski definition) is 5. The molecule has 7 heteroatoms. The molecule has 0 amide bonds. The van der Waals surface area contributed by atoms with Gasteiger partial charge in [0.15, 0.2) is 0 Å². The Morgan fingerprint density at radius 2 is 1.86 bits per heavy atom. The maximum atomic E-state index is 5.81. The second-order valence-corrected chi connectivity index (χ2v) is 5.65. The highest BCUT2D eigenvalue weighted by atomic mass is 35.5. The fraction of sp³-hybridized carbons (Fsp3) is 0.500. The average Bonchev–Trinajstić information content (AvgIpc) is 3.02. The molecule has 112 valence electrons. The lowest BCUT2D eigenvalue weighted by molar-refractivity contribution is 0.123. The molecule has 21 heavy (non-hydrogen) atoms. The SMILES string of the molecule is Clc1ccc(CN2CCN(CCn3cncn3)CC2)cn1. The van der Waals surface area contributed by atoms with Gasteiger partial charge in [-0.25, -0.2) is 9.97 Å². The van der Waals surface area contributed by atoms with Gasteiger partial charge in [-0.15, -0.1) is 0 Å². The number of hydrogen-bond donors (Lipinski definition) is 0. The lowest BCUT2D eigenvalue weighted by atomic mass is 10.2. The van der Waals surface area contributed by atoms with Crippen molar-refractivity contribution in [3.8, 4) is 0 Å². The predicted octanol–water partition coefficient (Wildman–Crippen LogP) is 1.14. The van der Waals surface area contributed by atoms with Crippen molar-refractivity contribution in [2.24, 2.45) is 0 Å². The van der Waals surface area contributed by atoms with E-state index in [0.717, 1.165) is 45.8 Å². The first-order valence-electron chi connectivity index (χ1n) is 7.17. The van der Waals surface area contributed by atoms with Gasteiger partial charge in [0.05, 0.1) is 6.54 Å². The third-order valence-electron chi connectivity index (χ3n) is 3.77. The third kappa shape index (κ3) is 4.23. The van der Waals surface area contributed by atoms with Crippen molar-refractivity contribution in [3.63, 3.8) is 0 Å². The van der Waals surface area contributed by atoms with Crippen LogP contribution in [-0.4, -0.2) is 62.3 Å². The smallest absolute Gasteiger partial charge is 0.137 e. The molecule has 3 heterocycles. The molecule has 2 aromatic heterocycles. The van der Waals surface area contributed by atoms with E-state index >= 15 is 0 Å². The Morgan fingerprint density at radius 1 is 1.05 bits per heavy atom. The second kappa shape index (κ2) is 6.98. The van der Waals surface area contributed by atoms with E-state index in [0.29, 0.717) is 5.15 Å². The molecule has 0 aliphatic carbocycles. The van der Waals surface area contributed by atoms with E-state index in [4.69, 9.17) is 11.6 Å². The van der Waals surface area contributed by atoms with Crippen LogP contribution >= 0.6 is 11.6 Å². The van der Waals surface area contributed by atoms with Crippen molar-refractivity contribution < 1.29 is 0 Å². The van der Waals surface area contributed by atoms with Gasteiger partial charge in [0.1, 0.15) is 17.8 Å². The lowest BCUT2D eigenvalue weighted by Gasteiger charge is -2.34. The van der Waals surface area contributed by atoms with E-state index in [9.17, 15) is 0 Å². The largest absolute Gasteiger partial charge is 0.299 e. The zero-order valence-corrected chi connectivity index (χ0v) is 12.7. The fourth-order valence-electron chi connectivity index (χ4n) is 2.52. The first-order valence-corrected chi connectivity index (χ1v) is 7.55. The molecular formula is C14H19ClN6. The Kier molecular flexibility index (Phi) is 4.80. The minimum atomic E-state index is 0.552. The molecule has 1 fully saturated rings. The highest BCUT2D eigenvalue weighted by Crippen LogP contribution is 2.10. The number of nitrogens with zero attached hydrogens (tertiary/aromatic N) is 6. The summed E-state index contributed by atoms with van der Waals surface area (Å²) in [7, 11) is 0. The van der Waals surface area contributed by atoms with E-state index in [1.54, 1.807) is 12.7 Å². The van der Waals surface area contributed by atoms with E-state index < -0.39 is 0 Å². The lowest BCUT2D eigenvalue weighted by Crippen LogP contribution is -2.46. The maximum Gasteiger partial charge on any atom is 0.137 e. The van der Waals surface area contributed by atoms with Crippen LogP contribution in [0, 0.1) is 0 Å². The molecule has 1 saturated heterocycles. The van der Waals surface area contributed by atoms with Gasteiger partial charge in [-0.2, -0.15) is 5.10 Å². The van der Waals surface area contributed by atoms with Crippen LogP contribution in [0.5, 0.6) is 0 Å². The monoisotopic (exact) mass is 306 g/mol. The van der Waals surface area contributed by atoms with Crippen molar-refractivity contribution in [2.75, 3.05) is 32.7 Å². The van der Waals surface area contributed by atoms with Crippen molar-refractivity contribution in [3.05, 3.63) is 41.7 Å². The summed E-state index contributed by atoms with van der Waals surface area (Å²) in [6, 6.07) is 3.90. The van der Waals surface area contributed by atoms with Gasteiger partial charge >= 0.3 is 0 Å². The van der Waals surface area contributed by atoms with Crippen molar-refractivity contribution in [2.45, 2.75) is 13.1 Å². The normalized spacial score (nSPS) is 17.2. The Balaban J connectivity index is 1.41. The van der Waals surface area contributed by atoms with Crippen molar-refractivity contribution in [1.82, 2.24) is 29.5 Å². The van der Waals surface area contributed by atoms with Crippen LogP contribution in [0.3, 0.4) is 0 Å². The van der Waals surface area contributed by atoms with E-state index in [2.05, 4.69) is 24.9 Å². The Labute approximate surface area is 129 Å². The fourth-order valence-corrected chi connectivity index (χ4v) is 2.63. The molecule has 0 saturated carbocycles. The van der Waals surface area contributed by atoms with Crippen molar-refractivity contribution in [1.29, 1.82) is 0 Å². The number of pyridine rings is 1. The van der Waals surface area contributed by atoms with E-state index in [1.807, 2.05) is 23.0 Å². The molecule has 0 spiro atoms. The summed E-state index contributed by atoms with van der Waals surface area (Å²) < 4.78 is 1.88. The van der Waals surface area contributed by atoms with Gasteiger partial charge in [-0.05, 0) is 11.6 Å². The van der Waals surface area contributed by atoms with Gasteiger partial charge in [0.25, 0.3) is 0 Å². The van der Waals surface area contributed by atoms with Crippen LogP contribution in [0.15, 0.2) is 31.0 Å².